The van der Waals surface area contributed by atoms with Crippen molar-refractivity contribution in [2.24, 2.45) is 0 Å². The first-order valence-electron chi connectivity index (χ1n) is 11.9. The van der Waals surface area contributed by atoms with Crippen LogP contribution in [0.2, 0.25) is 0 Å². The Morgan fingerprint density at radius 3 is 2.49 bits per heavy atom. The normalized spacial score (nSPS) is 13.5. The van der Waals surface area contributed by atoms with Crippen LogP contribution in [0.1, 0.15) is 29.6 Å². The topological polar surface area (TPSA) is 137 Å². The molecule has 0 unspecified atom stereocenters. The number of halogens is 3. The zero-order valence-corrected chi connectivity index (χ0v) is 20.3. The number of benzene rings is 2. The average molecular weight is 538 g/mol. The molecule has 2 aromatic carbocycles. The number of carbonyl (C=O) groups excluding carboxylic acids is 2. The number of ether oxygens (including phenoxy) is 1. The van der Waals surface area contributed by atoms with E-state index in [0.29, 0.717) is 22.5 Å². The van der Waals surface area contributed by atoms with Gasteiger partial charge in [0.15, 0.2) is 5.82 Å². The third-order valence-electron chi connectivity index (χ3n) is 6.26. The molecule has 1 aliphatic carbocycles. The van der Waals surface area contributed by atoms with Gasteiger partial charge in [-0.25, -0.2) is 4.98 Å². The molecule has 0 atom stereocenters. The molecule has 39 heavy (non-hydrogen) atoms. The first-order valence-corrected chi connectivity index (χ1v) is 11.9. The molecule has 1 saturated carbocycles. The van der Waals surface area contributed by atoms with Crippen molar-refractivity contribution in [1.29, 1.82) is 0 Å². The lowest BCUT2D eigenvalue weighted by atomic mass is 9.92. The molecule has 0 radical (unpaired) electrons. The lowest BCUT2D eigenvalue weighted by Gasteiger charge is -2.26. The van der Waals surface area contributed by atoms with Gasteiger partial charge in [0.2, 0.25) is 5.91 Å². The maximum atomic E-state index is 13.4. The zero-order valence-electron chi connectivity index (χ0n) is 20.3. The molecule has 2 heterocycles. The standard InChI is InChI=1S/C26H22F3N7O3/c1-2-20(37)33-17-9-6-14(7-10-17)22-21(23-24(30)31-13-32-36(23)35-22)15-8-11-18(19(12-15)39-26(27,28)29)25(38)34-16-4-3-5-16/h2,6-13,16H,1,3-5H2,(H,33,37)(H,34,38)(H2,30,31,32). The Bertz CT molecular complexity index is 1580. The second-order valence-electron chi connectivity index (χ2n) is 8.84. The van der Waals surface area contributed by atoms with E-state index in [9.17, 15) is 22.8 Å². The number of aromatic nitrogens is 4. The summed E-state index contributed by atoms with van der Waals surface area (Å²) in [6.45, 7) is 3.41. The quantitative estimate of drug-likeness (QED) is 0.298. The zero-order chi connectivity index (χ0) is 27.7. The summed E-state index contributed by atoms with van der Waals surface area (Å²) < 4.78 is 45.6. The Morgan fingerprint density at radius 2 is 1.85 bits per heavy atom. The summed E-state index contributed by atoms with van der Waals surface area (Å²) in [4.78, 5) is 28.4. The average Bonchev–Trinajstić information content (AvgIpc) is 3.26. The molecule has 2 aromatic heterocycles. The van der Waals surface area contributed by atoms with E-state index in [4.69, 9.17) is 5.73 Å². The van der Waals surface area contributed by atoms with E-state index in [-0.39, 0.29) is 28.5 Å². The van der Waals surface area contributed by atoms with Gasteiger partial charge in [0.05, 0.1) is 5.56 Å². The number of nitrogens with two attached hydrogens (primary N) is 1. The van der Waals surface area contributed by atoms with Crippen LogP contribution >= 0.6 is 0 Å². The number of rotatable bonds is 7. The molecule has 200 valence electrons. The molecule has 10 nitrogen and oxygen atoms in total. The van der Waals surface area contributed by atoms with Crippen LogP contribution in [0, 0.1) is 0 Å². The van der Waals surface area contributed by atoms with E-state index >= 15 is 0 Å². The van der Waals surface area contributed by atoms with Gasteiger partial charge < -0.3 is 21.1 Å². The van der Waals surface area contributed by atoms with E-state index in [0.717, 1.165) is 31.4 Å². The number of carbonyl (C=O) groups is 2. The second kappa shape index (κ2) is 10.1. The van der Waals surface area contributed by atoms with Gasteiger partial charge in [-0.1, -0.05) is 24.8 Å². The molecule has 5 rings (SSSR count). The van der Waals surface area contributed by atoms with Crippen LogP contribution in [0.15, 0.2) is 61.4 Å². The number of hydrogen-bond acceptors (Lipinski definition) is 7. The van der Waals surface area contributed by atoms with Crippen LogP contribution in [-0.2, 0) is 4.79 Å². The number of nitrogen functional groups attached to an aromatic ring is 1. The largest absolute Gasteiger partial charge is 0.573 e. The second-order valence-corrected chi connectivity index (χ2v) is 8.84. The van der Waals surface area contributed by atoms with Crippen molar-refractivity contribution in [3.63, 3.8) is 0 Å². The predicted molar refractivity (Wildman–Crippen MR) is 137 cm³/mol. The van der Waals surface area contributed by atoms with Crippen molar-refractivity contribution < 1.29 is 27.5 Å². The highest BCUT2D eigenvalue weighted by Crippen LogP contribution is 2.40. The monoisotopic (exact) mass is 537 g/mol. The van der Waals surface area contributed by atoms with Gasteiger partial charge in [-0.15, -0.1) is 28.0 Å². The van der Waals surface area contributed by atoms with Gasteiger partial charge in [0.25, 0.3) is 5.91 Å². The highest BCUT2D eigenvalue weighted by Gasteiger charge is 2.34. The number of hydrogen-bond donors (Lipinski definition) is 3. The lowest BCUT2D eigenvalue weighted by Crippen LogP contribution is -2.39. The maximum Gasteiger partial charge on any atom is 0.573 e. The summed E-state index contributed by atoms with van der Waals surface area (Å²) in [5.41, 5.74) is 8.07. The van der Waals surface area contributed by atoms with Gasteiger partial charge in [0, 0.05) is 22.9 Å². The molecule has 4 N–H and O–H groups in total. The van der Waals surface area contributed by atoms with Crippen LogP contribution in [0.4, 0.5) is 24.7 Å². The van der Waals surface area contributed by atoms with Gasteiger partial charge >= 0.3 is 6.36 Å². The van der Waals surface area contributed by atoms with E-state index in [1.54, 1.807) is 24.3 Å². The summed E-state index contributed by atoms with van der Waals surface area (Å²) in [6.07, 6.45) is -0.240. The van der Waals surface area contributed by atoms with Crippen molar-refractivity contribution in [2.45, 2.75) is 31.7 Å². The minimum atomic E-state index is -5.04. The summed E-state index contributed by atoms with van der Waals surface area (Å²) in [7, 11) is 0. The Hall–Kier alpha value is -4.94. The van der Waals surface area contributed by atoms with Crippen LogP contribution in [0.25, 0.3) is 27.9 Å². The first kappa shape index (κ1) is 25.7. The third kappa shape index (κ3) is 5.37. The van der Waals surface area contributed by atoms with Crippen LogP contribution < -0.4 is 21.1 Å². The van der Waals surface area contributed by atoms with Gasteiger partial charge in [-0.2, -0.15) is 0 Å². The third-order valence-corrected chi connectivity index (χ3v) is 6.26. The first-order chi connectivity index (χ1) is 18.6. The van der Waals surface area contributed by atoms with E-state index < -0.39 is 23.9 Å². The molecule has 4 aromatic rings. The van der Waals surface area contributed by atoms with Gasteiger partial charge in [-0.05, 0) is 55.2 Å². The fraction of sp³-hybridized carbons (Fsp3) is 0.192. The van der Waals surface area contributed by atoms with Gasteiger partial charge in [-0.3, -0.25) is 9.59 Å². The number of nitrogens with zero attached hydrogens (tertiary/aromatic N) is 4. The predicted octanol–water partition coefficient (Wildman–Crippen LogP) is 4.35. The highest BCUT2D eigenvalue weighted by molar-refractivity contribution is 6.01. The molecular weight excluding hydrogens is 515 g/mol. The van der Waals surface area contributed by atoms with Crippen molar-refractivity contribution in [3.05, 3.63) is 67.0 Å². The Morgan fingerprint density at radius 1 is 1.13 bits per heavy atom. The minimum absolute atomic E-state index is 0.0405. The molecule has 1 fully saturated rings. The maximum absolute atomic E-state index is 13.4. The fourth-order valence-electron chi connectivity index (χ4n) is 4.19. The Labute approximate surface area is 219 Å². The number of anilines is 2. The SMILES string of the molecule is C=CC(=O)Nc1ccc(-c2nn3ncnc(N)c3c2-c2ccc(C(=O)NC3CCC3)c(OC(F)(F)F)c2)cc1. The van der Waals surface area contributed by atoms with Crippen LogP contribution in [-0.4, -0.2) is 44.0 Å². The van der Waals surface area contributed by atoms with Crippen molar-refractivity contribution >= 4 is 28.8 Å². The fourth-order valence-corrected chi connectivity index (χ4v) is 4.19. The Kier molecular flexibility index (Phi) is 6.64. The van der Waals surface area contributed by atoms with Crippen molar-refractivity contribution in [1.82, 2.24) is 25.1 Å². The number of amides is 2. The molecule has 0 aliphatic heterocycles. The summed E-state index contributed by atoms with van der Waals surface area (Å²) in [5, 5.41) is 13.9. The van der Waals surface area contributed by atoms with Crippen LogP contribution in [0.5, 0.6) is 5.75 Å². The lowest BCUT2D eigenvalue weighted by molar-refractivity contribution is -0.274. The summed E-state index contributed by atoms with van der Waals surface area (Å²) >= 11 is 0. The minimum Gasteiger partial charge on any atom is -0.405 e. The molecule has 0 bridgehead atoms. The van der Waals surface area contributed by atoms with E-state index in [1.807, 2.05) is 0 Å². The molecule has 0 spiro atoms. The van der Waals surface area contributed by atoms with Crippen molar-refractivity contribution in [3.8, 4) is 28.1 Å². The molecular formula is C26H22F3N7O3. The highest BCUT2D eigenvalue weighted by atomic mass is 19.4. The molecule has 13 heteroatoms. The molecule has 0 saturated heterocycles. The summed E-state index contributed by atoms with van der Waals surface area (Å²) in [5.74, 6) is -1.68. The number of alkyl halides is 3. The number of fused-ring (bicyclic) bond motifs is 1. The van der Waals surface area contributed by atoms with E-state index in [2.05, 4.69) is 37.1 Å². The number of nitrogens with one attached hydrogen (secondary N) is 2. The molecule has 1 aliphatic rings. The van der Waals surface area contributed by atoms with E-state index in [1.165, 1.54) is 23.1 Å². The molecule has 2 amide bonds. The van der Waals surface area contributed by atoms with Gasteiger partial charge in [0.1, 0.15) is 23.3 Å². The summed E-state index contributed by atoms with van der Waals surface area (Å²) in [6, 6.07) is 10.4. The Balaban J connectivity index is 1.63. The van der Waals surface area contributed by atoms with Crippen molar-refractivity contribution in [2.75, 3.05) is 11.1 Å². The smallest absolute Gasteiger partial charge is 0.405 e. The van der Waals surface area contributed by atoms with Crippen LogP contribution in [0.3, 0.4) is 0 Å².